The van der Waals surface area contributed by atoms with Gasteiger partial charge in [-0.2, -0.15) is 0 Å². The maximum absolute atomic E-state index is 14.3. The number of alkyl halides is 1. The van der Waals surface area contributed by atoms with Crippen LogP contribution in [0.3, 0.4) is 0 Å². The molecular formula is C15H21FN2O2. The molecule has 0 spiro atoms. The zero-order valence-corrected chi connectivity index (χ0v) is 11.7. The van der Waals surface area contributed by atoms with E-state index in [0.29, 0.717) is 31.7 Å². The van der Waals surface area contributed by atoms with Crippen LogP contribution in [0.2, 0.25) is 0 Å². The lowest BCUT2D eigenvalue weighted by atomic mass is 9.80. The molecule has 2 amide bonds. The number of carbonyl (C=O) groups is 2. The van der Waals surface area contributed by atoms with Gasteiger partial charge >= 0.3 is 0 Å². The van der Waals surface area contributed by atoms with Gasteiger partial charge in [-0.15, -0.1) is 0 Å². The number of likely N-dealkylation sites (tertiary alicyclic amines) is 2. The van der Waals surface area contributed by atoms with E-state index in [0.717, 1.165) is 19.4 Å². The first-order valence-electron chi connectivity index (χ1n) is 7.88. The van der Waals surface area contributed by atoms with Crippen molar-refractivity contribution in [2.24, 2.45) is 5.92 Å². The van der Waals surface area contributed by atoms with Gasteiger partial charge in [0.1, 0.15) is 0 Å². The second-order valence-corrected chi connectivity index (χ2v) is 6.93. The Bertz CT molecular complexity index is 459. The molecule has 20 heavy (non-hydrogen) atoms. The van der Waals surface area contributed by atoms with Crippen LogP contribution < -0.4 is 0 Å². The Morgan fingerprint density at radius 2 is 2.00 bits per heavy atom. The molecular weight excluding hydrogens is 259 g/mol. The van der Waals surface area contributed by atoms with Crippen molar-refractivity contribution in [2.45, 2.75) is 62.7 Å². The van der Waals surface area contributed by atoms with Crippen LogP contribution in [-0.2, 0) is 9.59 Å². The summed E-state index contributed by atoms with van der Waals surface area (Å²) in [6.45, 7) is 1.47. The van der Waals surface area contributed by atoms with Crippen LogP contribution in [-0.4, -0.2) is 52.5 Å². The van der Waals surface area contributed by atoms with Crippen molar-refractivity contribution in [3.05, 3.63) is 0 Å². The Morgan fingerprint density at radius 1 is 1.25 bits per heavy atom. The molecule has 2 aliphatic carbocycles. The highest BCUT2D eigenvalue weighted by atomic mass is 19.1. The summed E-state index contributed by atoms with van der Waals surface area (Å²) in [6.07, 6.45) is 5.19. The van der Waals surface area contributed by atoms with Crippen LogP contribution >= 0.6 is 0 Å². The number of fused-ring (bicyclic) bond motifs is 1. The van der Waals surface area contributed by atoms with E-state index in [4.69, 9.17) is 0 Å². The minimum Gasteiger partial charge on any atom is -0.337 e. The van der Waals surface area contributed by atoms with E-state index in [-0.39, 0.29) is 23.9 Å². The summed E-state index contributed by atoms with van der Waals surface area (Å²) in [7, 11) is 0. The molecule has 0 aromatic carbocycles. The molecule has 4 aliphatic rings. The largest absolute Gasteiger partial charge is 0.337 e. The first-order valence-corrected chi connectivity index (χ1v) is 7.88. The van der Waals surface area contributed by atoms with Gasteiger partial charge in [-0.1, -0.05) is 0 Å². The number of nitrogens with zero attached hydrogens (tertiary/aromatic N) is 2. The van der Waals surface area contributed by atoms with Gasteiger partial charge < -0.3 is 9.80 Å². The van der Waals surface area contributed by atoms with E-state index in [2.05, 4.69) is 0 Å². The lowest BCUT2D eigenvalue weighted by Gasteiger charge is -2.37. The third-order valence-corrected chi connectivity index (χ3v) is 5.56. The highest BCUT2D eigenvalue weighted by molar-refractivity contribution is 5.89. The number of amides is 2. The quantitative estimate of drug-likeness (QED) is 0.786. The molecule has 4 fully saturated rings. The predicted octanol–water partition coefficient (Wildman–Crippen LogP) is 1.49. The number of halogens is 1. The van der Waals surface area contributed by atoms with Crippen LogP contribution in [0.1, 0.15) is 44.9 Å². The van der Waals surface area contributed by atoms with Crippen LogP contribution in [0.15, 0.2) is 0 Å². The zero-order chi connectivity index (χ0) is 13.9. The summed E-state index contributed by atoms with van der Waals surface area (Å²) >= 11 is 0. The molecule has 2 heterocycles. The third kappa shape index (κ3) is 1.78. The van der Waals surface area contributed by atoms with E-state index in [1.54, 1.807) is 4.90 Å². The van der Waals surface area contributed by atoms with Crippen LogP contribution in [0.4, 0.5) is 4.39 Å². The van der Waals surface area contributed by atoms with Crippen molar-refractivity contribution < 1.29 is 14.0 Å². The molecule has 0 aromatic rings. The van der Waals surface area contributed by atoms with Crippen molar-refractivity contribution in [3.8, 4) is 0 Å². The second kappa shape index (κ2) is 4.18. The average Bonchev–Trinajstić information content (AvgIpc) is 3.04. The molecule has 110 valence electrons. The van der Waals surface area contributed by atoms with Crippen molar-refractivity contribution >= 4 is 11.8 Å². The highest BCUT2D eigenvalue weighted by Gasteiger charge is 2.54. The monoisotopic (exact) mass is 280 g/mol. The lowest BCUT2D eigenvalue weighted by Crippen LogP contribution is -2.52. The Kier molecular flexibility index (Phi) is 2.63. The second-order valence-electron chi connectivity index (χ2n) is 6.93. The molecule has 4 rings (SSSR count). The van der Waals surface area contributed by atoms with Gasteiger partial charge in [0, 0.05) is 19.5 Å². The summed E-state index contributed by atoms with van der Waals surface area (Å²) in [5, 5.41) is 0. The predicted molar refractivity (Wildman–Crippen MR) is 70.7 cm³/mol. The Morgan fingerprint density at radius 3 is 2.60 bits per heavy atom. The SMILES string of the molecule is O=C1C[C@H]2[C@H](CCN2C(=O)C2(F)CCC2)N1CC1CC1. The molecule has 2 saturated carbocycles. The first kappa shape index (κ1) is 12.6. The molecule has 5 heteroatoms. The summed E-state index contributed by atoms with van der Waals surface area (Å²) in [4.78, 5) is 28.2. The fraction of sp³-hybridized carbons (Fsp3) is 0.867. The van der Waals surface area contributed by atoms with Gasteiger partial charge in [-0.25, -0.2) is 4.39 Å². The molecule has 4 nitrogen and oxygen atoms in total. The number of hydrogen-bond acceptors (Lipinski definition) is 2. The minimum absolute atomic E-state index is 0.0676. The van der Waals surface area contributed by atoms with Crippen molar-refractivity contribution in [3.63, 3.8) is 0 Å². The van der Waals surface area contributed by atoms with E-state index >= 15 is 0 Å². The van der Waals surface area contributed by atoms with Gasteiger partial charge in [0.2, 0.25) is 5.91 Å². The van der Waals surface area contributed by atoms with Gasteiger partial charge in [0.15, 0.2) is 5.67 Å². The third-order valence-electron chi connectivity index (χ3n) is 5.56. The molecule has 0 radical (unpaired) electrons. The molecule has 0 N–H and O–H groups in total. The fourth-order valence-electron chi connectivity index (χ4n) is 3.95. The number of hydrogen-bond donors (Lipinski definition) is 0. The Hall–Kier alpha value is -1.13. The van der Waals surface area contributed by atoms with Crippen molar-refractivity contribution in [1.29, 1.82) is 0 Å². The van der Waals surface area contributed by atoms with Crippen molar-refractivity contribution in [2.75, 3.05) is 13.1 Å². The van der Waals surface area contributed by atoms with Gasteiger partial charge in [0.05, 0.1) is 12.1 Å². The lowest BCUT2D eigenvalue weighted by molar-refractivity contribution is -0.150. The highest BCUT2D eigenvalue weighted by Crippen LogP contribution is 2.42. The summed E-state index contributed by atoms with van der Waals surface area (Å²) in [5.41, 5.74) is -1.62. The van der Waals surface area contributed by atoms with Crippen molar-refractivity contribution in [1.82, 2.24) is 9.80 Å². The van der Waals surface area contributed by atoms with Gasteiger partial charge in [0.25, 0.3) is 5.91 Å². The molecule has 0 aromatic heterocycles. The van der Waals surface area contributed by atoms with E-state index < -0.39 is 5.67 Å². The maximum Gasteiger partial charge on any atom is 0.260 e. The summed E-state index contributed by atoms with van der Waals surface area (Å²) < 4.78 is 14.3. The standard InChI is InChI=1S/C15H21FN2O2/c16-15(5-1-6-15)14(20)17-7-4-11-12(17)8-13(19)18(11)9-10-2-3-10/h10-12H,1-9H2/t11-,12-/m0/s1. The molecule has 2 atom stereocenters. The molecule has 0 unspecified atom stereocenters. The summed E-state index contributed by atoms with van der Waals surface area (Å²) in [5.74, 6) is 0.477. The molecule has 0 bridgehead atoms. The van der Waals surface area contributed by atoms with Crippen LogP contribution in [0.25, 0.3) is 0 Å². The van der Waals surface area contributed by atoms with Gasteiger partial charge in [-0.05, 0) is 44.4 Å². The molecule has 2 saturated heterocycles. The van der Waals surface area contributed by atoms with Crippen LogP contribution in [0.5, 0.6) is 0 Å². The topological polar surface area (TPSA) is 40.6 Å². The van der Waals surface area contributed by atoms with E-state index in [1.165, 1.54) is 12.8 Å². The van der Waals surface area contributed by atoms with Gasteiger partial charge in [-0.3, -0.25) is 9.59 Å². The fourth-order valence-corrected chi connectivity index (χ4v) is 3.95. The smallest absolute Gasteiger partial charge is 0.260 e. The number of rotatable bonds is 3. The normalized spacial score (nSPS) is 35.1. The van der Waals surface area contributed by atoms with E-state index in [1.807, 2.05) is 4.90 Å². The summed E-state index contributed by atoms with van der Waals surface area (Å²) in [6, 6.07) is 0.0812. The van der Waals surface area contributed by atoms with E-state index in [9.17, 15) is 14.0 Å². The Labute approximate surface area is 118 Å². The number of carbonyl (C=O) groups excluding carboxylic acids is 2. The molecule has 2 aliphatic heterocycles. The minimum atomic E-state index is -1.62. The van der Waals surface area contributed by atoms with Crippen LogP contribution in [0, 0.1) is 5.92 Å². The first-order chi connectivity index (χ1) is 9.58. The zero-order valence-electron chi connectivity index (χ0n) is 11.7. The maximum atomic E-state index is 14.3. The Balaban J connectivity index is 1.49. The average molecular weight is 280 g/mol.